The third kappa shape index (κ3) is 6.69. The number of carbonyl (C=O) groups is 3. The van der Waals surface area contributed by atoms with Crippen LogP contribution in [0.2, 0.25) is 0 Å². The summed E-state index contributed by atoms with van der Waals surface area (Å²) in [5, 5.41) is 5.08. The van der Waals surface area contributed by atoms with Crippen molar-refractivity contribution in [3.63, 3.8) is 0 Å². The van der Waals surface area contributed by atoms with E-state index < -0.39 is 17.7 Å². The van der Waals surface area contributed by atoms with Gasteiger partial charge in [0.1, 0.15) is 23.3 Å². The summed E-state index contributed by atoms with van der Waals surface area (Å²) in [6, 6.07) is 18.6. The van der Waals surface area contributed by atoms with Gasteiger partial charge in [-0.05, 0) is 123 Å². The number of H-pyrrole nitrogens is 2. The summed E-state index contributed by atoms with van der Waals surface area (Å²) < 4.78 is 16.2. The van der Waals surface area contributed by atoms with Crippen LogP contribution in [0.25, 0.3) is 44.2 Å². The average Bonchev–Trinajstić information content (AvgIpc) is 3.82. The Hall–Kier alpha value is -5.43. The lowest BCUT2D eigenvalue weighted by atomic mass is 9.90. The molecule has 3 aromatic carbocycles. The molecule has 5 fully saturated rings. The number of fused-ring (bicyclic) bond motifs is 4. The normalized spacial score (nSPS) is 26.0. The Morgan fingerprint density at radius 1 is 0.825 bits per heavy atom. The van der Waals surface area contributed by atoms with E-state index in [1.807, 2.05) is 42.8 Å². The number of hydrogen-bond donors (Lipinski definition) is 3. The topological polar surface area (TPSA) is 155 Å². The largest absolute Gasteiger partial charge is 0.453 e. The van der Waals surface area contributed by atoms with Gasteiger partial charge in [0.25, 0.3) is 0 Å². The Kier molecular flexibility index (Phi) is 8.58. The fourth-order valence-electron chi connectivity index (χ4n) is 9.68. The highest BCUT2D eigenvalue weighted by Crippen LogP contribution is 2.55. The molecule has 5 aromatic rings. The smallest absolute Gasteiger partial charge is 0.411 e. The highest BCUT2D eigenvalue weighted by atomic mass is 16.6. The number of nitrogens with zero attached hydrogens (tertiary/aromatic N) is 4. The van der Waals surface area contributed by atoms with Crippen LogP contribution < -0.4 is 5.32 Å². The van der Waals surface area contributed by atoms with E-state index in [4.69, 9.17) is 24.2 Å². The van der Waals surface area contributed by atoms with Crippen molar-refractivity contribution in [1.29, 1.82) is 0 Å². The van der Waals surface area contributed by atoms with Crippen LogP contribution in [0.3, 0.4) is 0 Å². The second-order valence-corrected chi connectivity index (χ2v) is 17.6. The second kappa shape index (κ2) is 13.6. The van der Waals surface area contributed by atoms with Crippen molar-refractivity contribution >= 4 is 39.9 Å². The van der Waals surface area contributed by atoms with E-state index >= 15 is 0 Å². The molecule has 3 saturated heterocycles. The molecule has 7 atom stereocenters. The third-order valence-corrected chi connectivity index (χ3v) is 12.7. The van der Waals surface area contributed by atoms with Gasteiger partial charge < -0.3 is 34.4 Å². The van der Waals surface area contributed by atoms with Crippen molar-refractivity contribution in [2.24, 2.45) is 17.8 Å². The van der Waals surface area contributed by atoms with Crippen molar-refractivity contribution in [3.05, 3.63) is 72.4 Å². The van der Waals surface area contributed by atoms with Gasteiger partial charge in [0.2, 0.25) is 5.91 Å². The van der Waals surface area contributed by atoms with Crippen LogP contribution in [-0.2, 0) is 19.0 Å². The Morgan fingerprint density at radius 3 is 2.19 bits per heavy atom. The molecule has 0 bridgehead atoms. The molecule has 2 aliphatic carbocycles. The molecule has 3 N–H and O–H groups in total. The molecule has 5 aliphatic rings. The van der Waals surface area contributed by atoms with E-state index in [-0.39, 0.29) is 42.1 Å². The predicted molar refractivity (Wildman–Crippen MR) is 213 cm³/mol. The molecule has 5 heterocycles. The Balaban J connectivity index is 0.864. The van der Waals surface area contributed by atoms with Crippen molar-refractivity contribution < 1.29 is 28.6 Å². The zero-order valence-corrected chi connectivity index (χ0v) is 32.8. The van der Waals surface area contributed by atoms with Gasteiger partial charge in [0, 0.05) is 30.9 Å². The van der Waals surface area contributed by atoms with Crippen LogP contribution >= 0.6 is 0 Å². The van der Waals surface area contributed by atoms with Crippen molar-refractivity contribution in [2.75, 3.05) is 20.3 Å². The van der Waals surface area contributed by atoms with Gasteiger partial charge in [-0.15, -0.1) is 0 Å². The number of alkyl carbamates (subject to hydrolysis) is 1. The maximum atomic E-state index is 14.2. The number of rotatable bonds is 7. The molecular weight excluding hydrogens is 723 g/mol. The van der Waals surface area contributed by atoms with Crippen LogP contribution in [0.1, 0.15) is 83.0 Å². The fraction of sp³-hybridized carbons (Fsp3) is 0.477. The minimum absolute atomic E-state index is 0.0129. The van der Waals surface area contributed by atoms with Gasteiger partial charge in [-0.25, -0.2) is 19.6 Å². The first-order valence-corrected chi connectivity index (χ1v) is 20.4. The molecule has 10 rings (SSSR count). The van der Waals surface area contributed by atoms with Gasteiger partial charge in [-0.3, -0.25) is 9.69 Å². The molecule has 3 aliphatic heterocycles. The van der Waals surface area contributed by atoms with E-state index in [0.29, 0.717) is 37.9 Å². The van der Waals surface area contributed by atoms with Crippen LogP contribution in [-0.4, -0.2) is 91.9 Å². The van der Waals surface area contributed by atoms with E-state index in [1.54, 1.807) is 0 Å². The number of methoxy groups -OCH3 is 1. The van der Waals surface area contributed by atoms with E-state index in [0.717, 1.165) is 81.5 Å². The number of aromatic nitrogens is 4. The van der Waals surface area contributed by atoms with Gasteiger partial charge in [-0.2, -0.15) is 0 Å². The minimum atomic E-state index is -0.666. The van der Waals surface area contributed by atoms with Gasteiger partial charge in [0.05, 0.1) is 42.1 Å². The molecule has 2 aromatic heterocycles. The monoisotopic (exact) mass is 771 g/mol. The lowest BCUT2D eigenvalue weighted by Gasteiger charge is -2.35. The molecule has 3 amide bonds. The minimum Gasteiger partial charge on any atom is -0.453 e. The van der Waals surface area contributed by atoms with Crippen LogP contribution in [0, 0.1) is 17.8 Å². The average molecular weight is 772 g/mol. The van der Waals surface area contributed by atoms with Crippen molar-refractivity contribution in [2.45, 2.75) is 95.1 Å². The summed E-state index contributed by atoms with van der Waals surface area (Å²) >= 11 is 0. The number of nitrogens with one attached hydrogen (secondary N) is 3. The molecule has 2 saturated carbocycles. The molecule has 13 heteroatoms. The molecule has 57 heavy (non-hydrogen) atoms. The Labute approximate surface area is 330 Å². The number of aromatic amines is 2. The third-order valence-electron chi connectivity index (χ3n) is 12.7. The van der Waals surface area contributed by atoms with Gasteiger partial charge in [0.15, 0.2) is 0 Å². The molecule has 0 spiro atoms. The van der Waals surface area contributed by atoms with Gasteiger partial charge in [-0.1, -0.05) is 30.3 Å². The van der Waals surface area contributed by atoms with Gasteiger partial charge >= 0.3 is 12.2 Å². The van der Waals surface area contributed by atoms with Crippen molar-refractivity contribution in [1.82, 2.24) is 35.1 Å². The number of imidazole rings is 2. The molecular formula is C44H49N7O6. The SMILES string of the molecule is COC(=O)N[C@H](C(=O)N1[C@@H]2C[C@@H]2C[C@H]1c1ncc(-c2ccc3cc(-c4ccc5nc(C6CC7CC7N6C(=O)OC(C)(C)C)[nH]c5c4)ccc3c2)[nH]1)C1CCOCC1. The number of hydrogen-bond acceptors (Lipinski definition) is 8. The van der Waals surface area contributed by atoms with Crippen LogP contribution in [0.15, 0.2) is 60.8 Å². The van der Waals surface area contributed by atoms with Crippen LogP contribution in [0.4, 0.5) is 9.59 Å². The molecule has 13 nitrogen and oxygen atoms in total. The maximum Gasteiger partial charge on any atom is 0.411 e. The van der Waals surface area contributed by atoms with Crippen molar-refractivity contribution in [3.8, 4) is 22.4 Å². The first-order valence-electron chi connectivity index (χ1n) is 20.4. The number of piperidine rings is 2. The first-order chi connectivity index (χ1) is 27.5. The summed E-state index contributed by atoms with van der Waals surface area (Å²) in [4.78, 5) is 60.5. The number of amides is 3. The Bertz CT molecular complexity index is 2390. The predicted octanol–water partition coefficient (Wildman–Crippen LogP) is 7.66. The summed E-state index contributed by atoms with van der Waals surface area (Å²) in [6.45, 7) is 6.86. The summed E-state index contributed by atoms with van der Waals surface area (Å²) in [7, 11) is 1.33. The highest BCUT2D eigenvalue weighted by Gasteiger charge is 2.57. The zero-order valence-electron chi connectivity index (χ0n) is 32.8. The Morgan fingerprint density at radius 2 is 1.47 bits per heavy atom. The van der Waals surface area contributed by atoms with E-state index in [9.17, 15) is 14.4 Å². The van der Waals surface area contributed by atoms with E-state index in [2.05, 4.69) is 63.8 Å². The standard InChI is InChI=1S/C44H49N7O6/c1-44(2,3)57-43(54)51-35-19-30(35)21-37(51)40-46-31-10-9-27(17-32(31)47-40)25-5-6-26-16-28(8-7-24(26)15-25)33-22-45-39(48-33)36-20-29-18-34(29)50(36)41(52)38(49-42(53)55-4)23-11-13-56-14-12-23/h5-10,15-17,22-23,29-30,34-38H,11-14,18-21H2,1-4H3,(H,45,48)(H,46,47)(H,49,53)/t29-,30?,34-,35?,36+,37?,38+/m1/s1. The number of likely N-dealkylation sites (tertiary alicyclic amines) is 2. The quantitative estimate of drug-likeness (QED) is 0.152. The maximum absolute atomic E-state index is 14.2. The lowest BCUT2D eigenvalue weighted by Crippen LogP contribution is -2.54. The summed E-state index contributed by atoms with van der Waals surface area (Å²) in [5.74, 6) is 2.46. The number of benzene rings is 3. The molecule has 296 valence electrons. The number of carbonyl (C=O) groups excluding carboxylic acids is 3. The molecule has 0 radical (unpaired) electrons. The summed E-state index contributed by atoms with van der Waals surface area (Å²) in [5.41, 5.74) is 5.35. The van der Waals surface area contributed by atoms with Crippen LogP contribution in [0.5, 0.6) is 0 Å². The second-order valence-electron chi connectivity index (χ2n) is 17.6. The first kappa shape index (κ1) is 35.9. The van der Waals surface area contributed by atoms with E-state index in [1.165, 1.54) is 7.11 Å². The zero-order chi connectivity index (χ0) is 39.2. The number of ether oxygens (including phenoxy) is 3. The summed E-state index contributed by atoms with van der Waals surface area (Å²) in [6.07, 6.45) is 6.18. The lowest BCUT2D eigenvalue weighted by molar-refractivity contribution is -0.138. The fourth-order valence-corrected chi connectivity index (χ4v) is 9.68. The molecule has 3 unspecified atom stereocenters. The highest BCUT2D eigenvalue weighted by molar-refractivity contribution is 5.92.